The molecule has 322 valence electrons. The summed E-state index contributed by atoms with van der Waals surface area (Å²) in [6.07, 6.45) is 8.91. The van der Waals surface area contributed by atoms with Crippen molar-refractivity contribution in [2.75, 3.05) is 0 Å². The van der Waals surface area contributed by atoms with Crippen molar-refractivity contribution in [3.8, 4) is 44.5 Å². The summed E-state index contributed by atoms with van der Waals surface area (Å²) in [4.78, 5) is 22.9. The van der Waals surface area contributed by atoms with E-state index in [9.17, 15) is 0 Å². The molecule has 12 aromatic carbocycles. The molecule has 0 amide bonds. The lowest BCUT2D eigenvalue weighted by molar-refractivity contribution is 1.22. The van der Waals surface area contributed by atoms with E-state index in [0.29, 0.717) is 0 Å². The zero-order valence-electron chi connectivity index (χ0n) is 37.6. The molecule has 0 bridgehead atoms. The van der Waals surface area contributed by atoms with Crippen LogP contribution in [0.2, 0.25) is 0 Å². The van der Waals surface area contributed by atoms with Gasteiger partial charge in [0.05, 0.1) is 22.1 Å². The van der Waals surface area contributed by atoms with Crippen LogP contribution < -0.4 is 0 Å². The van der Waals surface area contributed by atoms with Crippen LogP contribution in [0, 0.1) is 0 Å². The summed E-state index contributed by atoms with van der Waals surface area (Å²) >= 11 is 0. The molecule has 15 rings (SSSR count). The third kappa shape index (κ3) is 5.95. The molecule has 0 saturated carbocycles. The first-order valence-corrected chi connectivity index (χ1v) is 23.7. The van der Waals surface area contributed by atoms with Crippen LogP contribution in [0.1, 0.15) is 0 Å². The number of hydrogen-bond donors (Lipinski definition) is 0. The summed E-state index contributed by atoms with van der Waals surface area (Å²) in [7, 11) is 0. The molecule has 3 aromatic heterocycles. The highest BCUT2D eigenvalue weighted by Crippen LogP contribution is 2.46. The SMILES string of the molecule is c1ccc2c(c1)cc(-c1ccc3c(-c4ccc5ncncc5c4)cc4ccc5cc(-c6ccc7nccnc7c6)ccc5c4c3c1)c1cc(-c3ccc4ccc5cccnc5c4c3)c3ccccc3c12. The molecule has 0 aliphatic heterocycles. The van der Waals surface area contributed by atoms with Gasteiger partial charge >= 0.3 is 0 Å². The van der Waals surface area contributed by atoms with Gasteiger partial charge in [0, 0.05) is 40.9 Å². The molecule has 70 heavy (non-hydrogen) atoms. The molecule has 0 atom stereocenters. The van der Waals surface area contributed by atoms with E-state index in [4.69, 9.17) is 4.98 Å². The van der Waals surface area contributed by atoms with Gasteiger partial charge in [0.25, 0.3) is 0 Å². The first kappa shape index (κ1) is 38.6. The number of pyridine rings is 1. The number of hydrogen-bond acceptors (Lipinski definition) is 5. The van der Waals surface area contributed by atoms with E-state index < -0.39 is 0 Å². The van der Waals surface area contributed by atoms with Crippen molar-refractivity contribution >= 4 is 108 Å². The first-order valence-electron chi connectivity index (χ1n) is 23.7. The molecule has 15 aromatic rings. The number of fused-ring (bicyclic) bond motifs is 15. The van der Waals surface area contributed by atoms with Crippen LogP contribution in [0.4, 0.5) is 0 Å². The predicted octanol–water partition coefficient (Wildman–Crippen LogP) is 16.9. The highest BCUT2D eigenvalue weighted by atomic mass is 14.8. The molecule has 0 aliphatic rings. The van der Waals surface area contributed by atoms with Gasteiger partial charge in [0.2, 0.25) is 0 Å². The van der Waals surface area contributed by atoms with Crippen LogP contribution in [0.15, 0.2) is 225 Å². The van der Waals surface area contributed by atoms with Crippen LogP contribution in [-0.4, -0.2) is 24.9 Å². The molecular weight excluding hydrogens is 851 g/mol. The number of benzene rings is 12. The summed E-state index contributed by atoms with van der Waals surface area (Å²) in [5, 5.41) is 19.0. The van der Waals surface area contributed by atoms with Gasteiger partial charge in [-0.25, -0.2) is 9.97 Å². The molecule has 3 heterocycles. The quantitative estimate of drug-likeness (QED) is 0.165. The second kappa shape index (κ2) is 15.0. The van der Waals surface area contributed by atoms with Crippen molar-refractivity contribution in [1.29, 1.82) is 0 Å². The normalized spacial score (nSPS) is 12.0. The maximum atomic E-state index is 4.87. The fourth-order valence-electron chi connectivity index (χ4n) is 11.3. The molecule has 0 radical (unpaired) electrons. The van der Waals surface area contributed by atoms with Crippen molar-refractivity contribution in [1.82, 2.24) is 24.9 Å². The summed E-state index contributed by atoms with van der Waals surface area (Å²) in [6, 6.07) is 71.8. The standard InChI is InChI=1S/C65H37N5/c1-2-8-49-42(6-1)30-55(59-35-56(51-9-3-4-10-53(51)64(49)59)45-14-12-38-11-13-39-7-5-25-69-65(39)57(38)31-45)46-18-22-52-54(44-20-23-60-48(29-44)36-66-37-70-60)33-47-16-15-43-28-40(17-21-50(43)63(47)58(52)32-46)41-19-24-61-62(34-41)68-27-26-67-61/h1-37H. The maximum Gasteiger partial charge on any atom is 0.116 e. The highest BCUT2D eigenvalue weighted by Gasteiger charge is 2.19. The lowest BCUT2D eigenvalue weighted by Crippen LogP contribution is -1.92. The summed E-state index contributed by atoms with van der Waals surface area (Å²) < 4.78 is 0. The number of nitrogens with zero attached hydrogens (tertiary/aromatic N) is 5. The van der Waals surface area contributed by atoms with Crippen LogP contribution in [0.25, 0.3) is 153 Å². The van der Waals surface area contributed by atoms with Crippen molar-refractivity contribution in [2.24, 2.45) is 0 Å². The third-order valence-corrected chi connectivity index (χ3v) is 14.6. The van der Waals surface area contributed by atoms with Crippen molar-refractivity contribution in [2.45, 2.75) is 0 Å². The zero-order chi connectivity index (χ0) is 45.9. The predicted molar refractivity (Wildman–Crippen MR) is 292 cm³/mol. The Bertz CT molecular complexity index is 4730. The van der Waals surface area contributed by atoms with E-state index in [1.165, 1.54) is 92.3 Å². The van der Waals surface area contributed by atoms with Crippen molar-refractivity contribution in [3.05, 3.63) is 225 Å². The zero-order valence-corrected chi connectivity index (χ0v) is 37.6. The highest BCUT2D eigenvalue weighted by molar-refractivity contribution is 6.28. The Morgan fingerprint density at radius 3 is 1.79 bits per heavy atom. The average Bonchev–Trinajstić information content (AvgIpc) is 3.43. The topological polar surface area (TPSA) is 64.5 Å². The summed E-state index contributed by atoms with van der Waals surface area (Å²) in [5.41, 5.74) is 13.0. The summed E-state index contributed by atoms with van der Waals surface area (Å²) in [6.45, 7) is 0. The van der Waals surface area contributed by atoms with E-state index in [2.05, 4.69) is 208 Å². The van der Waals surface area contributed by atoms with Gasteiger partial charge in [-0.15, -0.1) is 0 Å². The summed E-state index contributed by atoms with van der Waals surface area (Å²) in [5.74, 6) is 0. The minimum absolute atomic E-state index is 0.884. The molecule has 0 spiro atoms. The fraction of sp³-hybridized carbons (Fsp3) is 0. The van der Waals surface area contributed by atoms with Crippen LogP contribution in [0.3, 0.4) is 0 Å². The molecule has 0 aliphatic carbocycles. The average molecular weight is 888 g/mol. The smallest absolute Gasteiger partial charge is 0.116 e. The van der Waals surface area contributed by atoms with E-state index >= 15 is 0 Å². The molecule has 0 fully saturated rings. The van der Waals surface area contributed by atoms with E-state index in [1.807, 2.05) is 18.5 Å². The van der Waals surface area contributed by atoms with Crippen molar-refractivity contribution < 1.29 is 0 Å². The monoisotopic (exact) mass is 887 g/mol. The molecule has 0 saturated heterocycles. The largest absolute Gasteiger partial charge is 0.256 e. The molecular formula is C65H37N5. The minimum Gasteiger partial charge on any atom is -0.256 e. The molecule has 0 unspecified atom stereocenters. The van der Waals surface area contributed by atoms with E-state index in [0.717, 1.165) is 60.5 Å². The Balaban J connectivity index is 1.01. The lowest BCUT2D eigenvalue weighted by atomic mass is 9.85. The van der Waals surface area contributed by atoms with Gasteiger partial charge in [-0.2, -0.15) is 0 Å². The Hall–Kier alpha value is -9.45. The maximum absolute atomic E-state index is 4.87. The van der Waals surface area contributed by atoms with E-state index in [1.54, 1.807) is 18.7 Å². The fourth-order valence-corrected chi connectivity index (χ4v) is 11.3. The van der Waals surface area contributed by atoms with Gasteiger partial charge < -0.3 is 0 Å². The van der Waals surface area contributed by atoms with Gasteiger partial charge in [0.1, 0.15) is 6.33 Å². The Kier molecular flexibility index (Phi) is 8.29. The number of aromatic nitrogens is 5. The Morgan fingerprint density at radius 2 is 0.843 bits per heavy atom. The Morgan fingerprint density at radius 1 is 0.257 bits per heavy atom. The van der Waals surface area contributed by atoms with Crippen LogP contribution >= 0.6 is 0 Å². The Labute approximate surface area is 401 Å². The minimum atomic E-state index is 0.884. The molecule has 5 heteroatoms. The molecule has 5 nitrogen and oxygen atoms in total. The van der Waals surface area contributed by atoms with Crippen LogP contribution in [-0.2, 0) is 0 Å². The second-order valence-corrected chi connectivity index (χ2v) is 18.5. The van der Waals surface area contributed by atoms with Crippen molar-refractivity contribution in [3.63, 3.8) is 0 Å². The van der Waals surface area contributed by atoms with Gasteiger partial charge in [-0.05, 0) is 181 Å². The van der Waals surface area contributed by atoms with Gasteiger partial charge in [-0.3, -0.25) is 15.0 Å². The third-order valence-electron chi connectivity index (χ3n) is 14.6. The van der Waals surface area contributed by atoms with Gasteiger partial charge in [0.15, 0.2) is 0 Å². The van der Waals surface area contributed by atoms with E-state index in [-0.39, 0.29) is 0 Å². The lowest BCUT2D eigenvalue weighted by Gasteiger charge is -2.19. The first-order chi connectivity index (χ1) is 34.7. The molecule has 0 N–H and O–H groups in total. The second-order valence-electron chi connectivity index (χ2n) is 18.5. The number of rotatable bonds is 4. The van der Waals surface area contributed by atoms with Gasteiger partial charge in [-0.1, -0.05) is 127 Å². The van der Waals surface area contributed by atoms with Crippen LogP contribution in [0.5, 0.6) is 0 Å².